The van der Waals surface area contributed by atoms with Crippen LogP contribution in [0, 0.1) is 0 Å². The lowest BCUT2D eigenvalue weighted by Crippen LogP contribution is -2.36. The van der Waals surface area contributed by atoms with Gasteiger partial charge in [-0.05, 0) is 6.07 Å². The Morgan fingerprint density at radius 3 is 2.39 bits per heavy atom. The minimum atomic E-state index is -0.136. The largest absolute Gasteiger partial charge is 0.496 e. The van der Waals surface area contributed by atoms with Crippen LogP contribution < -0.4 is 4.74 Å². The number of para-hydroxylation sites is 1. The molecule has 1 aromatic rings. The highest BCUT2D eigenvalue weighted by molar-refractivity contribution is 5.79. The summed E-state index contributed by atoms with van der Waals surface area (Å²) in [5.74, 6) is 0.529. The van der Waals surface area contributed by atoms with Gasteiger partial charge in [0.05, 0.1) is 26.7 Å². The van der Waals surface area contributed by atoms with Crippen molar-refractivity contribution in [1.82, 2.24) is 4.90 Å². The number of carbonyl (C=O) groups excluding carboxylic acids is 1. The Hall–Kier alpha value is -1.59. The molecule has 1 amide bonds. The van der Waals surface area contributed by atoms with Gasteiger partial charge in [-0.15, -0.1) is 0 Å². The van der Waals surface area contributed by atoms with Gasteiger partial charge in [0.15, 0.2) is 0 Å². The molecule has 0 aliphatic heterocycles. The minimum absolute atomic E-state index is 0.113. The molecule has 2 N–H and O–H groups in total. The Morgan fingerprint density at radius 2 is 1.83 bits per heavy atom. The van der Waals surface area contributed by atoms with Crippen molar-refractivity contribution in [1.29, 1.82) is 0 Å². The lowest BCUT2D eigenvalue weighted by atomic mass is 10.1. The van der Waals surface area contributed by atoms with E-state index in [4.69, 9.17) is 14.9 Å². The van der Waals surface area contributed by atoms with Crippen LogP contribution in [0.4, 0.5) is 0 Å². The Kier molecular flexibility index (Phi) is 6.18. The Morgan fingerprint density at radius 1 is 1.22 bits per heavy atom. The van der Waals surface area contributed by atoms with Gasteiger partial charge in [0, 0.05) is 18.7 Å². The van der Waals surface area contributed by atoms with Gasteiger partial charge in [0.25, 0.3) is 0 Å². The second-order valence-electron chi connectivity index (χ2n) is 3.82. The molecule has 0 aliphatic carbocycles. The van der Waals surface area contributed by atoms with E-state index in [1.807, 2.05) is 18.2 Å². The van der Waals surface area contributed by atoms with Gasteiger partial charge in [-0.2, -0.15) is 0 Å². The molecule has 0 saturated heterocycles. The highest BCUT2D eigenvalue weighted by Crippen LogP contribution is 2.18. The number of hydrogen-bond acceptors (Lipinski definition) is 4. The predicted octanol–water partition coefficient (Wildman–Crippen LogP) is 0.0509. The summed E-state index contributed by atoms with van der Waals surface area (Å²) in [7, 11) is 1.56. The molecule has 0 unspecified atom stereocenters. The molecule has 0 fully saturated rings. The first kappa shape index (κ1) is 14.5. The first-order valence-corrected chi connectivity index (χ1v) is 5.84. The number of amides is 1. The number of methoxy groups -OCH3 is 1. The van der Waals surface area contributed by atoms with E-state index >= 15 is 0 Å². The second-order valence-corrected chi connectivity index (χ2v) is 3.82. The van der Waals surface area contributed by atoms with E-state index in [0.29, 0.717) is 5.75 Å². The van der Waals surface area contributed by atoms with E-state index < -0.39 is 0 Å². The maximum Gasteiger partial charge on any atom is 0.227 e. The van der Waals surface area contributed by atoms with Crippen LogP contribution in [0.5, 0.6) is 5.75 Å². The Balaban J connectivity index is 2.72. The summed E-state index contributed by atoms with van der Waals surface area (Å²) in [4.78, 5) is 13.4. The third-order valence-corrected chi connectivity index (χ3v) is 2.63. The van der Waals surface area contributed by atoms with Crippen LogP contribution in [0.25, 0.3) is 0 Å². The SMILES string of the molecule is COc1ccccc1CC(=O)N(CCO)CCO. The number of nitrogens with zero attached hydrogens (tertiary/aromatic N) is 1. The lowest BCUT2D eigenvalue weighted by Gasteiger charge is -2.21. The first-order chi connectivity index (χ1) is 8.72. The summed E-state index contributed by atoms with van der Waals surface area (Å²) < 4.78 is 5.18. The van der Waals surface area contributed by atoms with E-state index in [2.05, 4.69) is 0 Å². The van der Waals surface area contributed by atoms with E-state index in [1.165, 1.54) is 4.90 Å². The Bertz CT molecular complexity index is 375. The fourth-order valence-corrected chi connectivity index (χ4v) is 1.73. The number of rotatable bonds is 7. The minimum Gasteiger partial charge on any atom is -0.496 e. The van der Waals surface area contributed by atoms with Gasteiger partial charge < -0.3 is 19.8 Å². The fourth-order valence-electron chi connectivity index (χ4n) is 1.73. The van der Waals surface area contributed by atoms with Crippen LogP contribution in [0.1, 0.15) is 5.56 Å². The van der Waals surface area contributed by atoms with Crippen LogP contribution in [-0.4, -0.2) is 54.4 Å². The monoisotopic (exact) mass is 253 g/mol. The third kappa shape index (κ3) is 4.01. The zero-order valence-corrected chi connectivity index (χ0v) is 10.5. The second kappa shape index (κ2) is 7.68. The molecule has 0 aromatic heterocycles. The van der Waals surface area contributed by atoms with Gasteiger partial charge in [-0.3, -0.25) is 4.79 Å². The molecule has 1 rings (SSSR count). The van der Waals surface area contributed by atoms with E-state index in [-0.39, 0.29) is 38.6 Å². The molecule has 0 aliphatic rings. The standard InChI is InChI=1S/C13H19NO4/c1-18-12-5-3-2-4-11(12)10-13(17)14(6-8-15)7-9-16/h2-5,15-16H,6-10H2,1H3. The topological polar surface area (TPSA) is 70.0 Å². The molecular weight excluding hydrogens is 234 g/mol. The normalized spacial score (nSPS) is 10.2. The first-order valence-electron chi connectivity index (χ1n) is 5.84. The predicted molar refractivity (Wildman–Crippen MR) is 67.4 cm³/mol. The molecular formula is C13H19NO4. The number of ether oxygens (including phenoxy) is 1. The third-order valence-electron chi connectivity index (χ3n) is 2.63. The molecule has 5 heteroatoms. The van der Waals surface area contributed by atoms with Crippen molar-refractivity contribution in [2.75, 3.05) is 33.4 Å². The summed E-state index contributed by atoms with van der Waals surface area (Å²) >= 11 is 0. The van der Waals surface area contributed by atoms with Crippen LogP contribution in [0.15, 0.2) is 24.3 Å². The molecule has 18 heavy (non-hydrogen) atoms. The molecule has 0 radical (unpaired) electrons. The van der Waals surface area contributed by atoms with Gasteiger partial charge in [0.2, 0.25) is 5.91 Å². The van der Waals surface area contributed by atoms with Gasteiger partial charge in [0.1, 0.15) is 5.75 Å². The van der Waals surface area contributed by atoms with E-state index in [1.54, 1.807) is 13.2 Å². The highest BCUT2D eigenvalue weighted by atomic mass is 16.5. The van der Waals surface area contributed by atoms with Gasteiger partial charge in [-0.25, -0.2) is 0 Å². The molecule has 100 valence electrons. The molecule has 5 nitrogen and oxygen atoms in total. The van der Waals surface area contributed by atoms with Crippen molar-refractivity contribution in [3.63, 3.8) is 0 Å². The fraction of sp³-hybridized carbons (Fsp3) is 0.462. The van der Waals surface area contributed by atoms with Crippen LogP contribution in [0.2, 0.25) is 0 Å². The molecule has 0 spiro atoms. The number of carbonyl (C=O) groups is 1. The average molecular weight is 253 g/mol. The molecule has 0 bridgehead atoms. The highest BCUT2D eigenvalue weighted by Gasteiger charge is 2.14. The maximum absolute atomic E-state index is 12.0. The van der Waals surface area contributed by atoms with Gasteiger partial charge >= 0.3 is 0 Å². The lowest BCUT2D eigenvalue weighted by molar-refractivity contribution is -0.131. The molecule has 1 aromatic carbocycles. The molecule has 0 heterocycles. The van der Waals surface area contributed by atoms with Gasteiger partial charge in [-0.1, -0.05) is 18.2 Å². The zero-order valence-electron chi connectivity index (χ0n) is 10.5. The summed E-state index contributed by atoms with van der Waals surface area (Å²) in [5, 5.41) is 17.8. The maximum atomic E-state index is 12.0. The van der Waals surface area contributed by atoms with Crippen molar-refractivity contribution >= 4 is 5.91 Å². The quantitative estimate of drug-likeness (QED) is 0.720. The van der Waals surface area contributed by atoms with E-state index in [0.717, 1.165) is 5.56 Å². The number of aliphatic hydroxyl groups is 2. The summed E-state index contributed by atoms with van der Waals surface area (Å²) in [5.41, 5.74) is 0.797. The van der Waals surface area contributed by atoms with Crippen LogP contribution in [-0.2, 0) is 11.2 Å². The average Bonchev–Trinajstić information content (AvgIpc) is 2.39. The summed E-state index contributed by atoms with van der Waals surface area (Å²) in [6.45, 7) is 0.235. The zero-order chi connectivity index (χ0) is 13.4. The van der Waals surface area contributed by atoms with E-state index in [9.17, 15) is 4.79 Å². The number of aliphatic hydroxyl groups excluding tert-OH is 2. The summed E-state index contributed by atoms with van der Waals surface area (Å²) in [6.07, 6.45) is 0.198. The number of hydrogen-bond donors (Lipinski definition) is 2. The van der Waals surface area contributed by atoms with Crippen molar-refractivity contribution < 1.29 is 19.7 Å². The molecule has 0 saturated carbocycles. The molecule has 0 atom stereocenters. The smallest absolute Gasteiger partial charge is 0.227 e. The van der Waals surface area contributed by atoms with Crippen molar-refractivity contribution in [3.8, 4) is 5.75 Å². The van der Waals surface area contributed by atoms with Crippen molar-refractivity contribution in [3.05, 3.63) is 29.8 Å². The summed E-state index contributed by atoms with van der Waals surface area (Å²) in [6, 6.07) is 7.30. The van der Waals surface area contributed by atoms with Crippen LogP contribution >= 0.6 is 0 Å². The van der Waals surface area contributed by atoms with Crippen LogP contribution in [0.3, 0.4) is 0 Å². The Labute approximate surface area is 107 Å². The number of benzene rings is 1. The van der Waals surface area contributed by atoms with Crippen molar-refractivity contribution in [2.45, 2.75) is 6.42 Å². The van der Waals surface area contributed by atoms with Crippen molar-refractivity contribution in [2.24, 2.45) is 0 Å².